The van der Waals surface area contributed by atoms with Gasteiger partial charge >= 0.3 is 5.97 Å². The molecule has 106 valence electrons. The maximum absolute atomic E-state index is 11.0. The van der Waals surface area contributed by atoms with E-state index < -0.39 is 5.97 Å². The average Bonchev–Trinajstić information content (AvgIpc) is 2.35. The molecule has 0 saturated carbocycles. The van der Waals surface area contributed by atoms with Gasteiger partial charge in [-0.3, -0.25) is 4.90 Å². The molecule has 1 rings (SSSR count). The number of hydrogen-bond donors (Lipinski definition) is 1. The molecule has 1 N–H and O–H groups in total. The minimum Gasteiger partial charge on any atom is -0.478 e. The Kier molecular flexibility index (Phi) is 6.53. The summed E-state index contributed by atoms with van der Waals surface area (Å²) in [7, 11) is 1.69. The highest BCUT2D eigenvalue weighted by Gasteiger charge is 2.10. The van der Waals surface area contributed by atoms with Crippen LogP contribution in [0.15, 0.2) is 24.3 Å². The molecule has 1 aromatic rings. The third-order valence-corrected chi connectivity index (χ3v) is 2.82. The van der Waals surface area contributed by atoms with Crippen LogP contribution < -0.4 is 0 Å². The zero-order chi connectivity index (χ0) is 14.3. The number of carboxylic acids is 1. The molecule has 0 atom stereocenters. The lowest BCUT2D eigenvalue weighted by Crippen LogP contribution is -2.30. The summed E-state index contributed by atoms with van der Waals surface area (Å²) >= 11 is 0. The number of ether oxygens (including phenoxy) is 1. The first-order valence-corrected chi connectivity index (χ1v) is 6.56. The number of carbonyl (C=O) groups is 1. The van der Waals surface area contributed by atoms with E-state index >= 15 is 0 Å². The topological polar surface area (TPSA) is 49.8 Å². The summed E-state index contributed by atoms with van der Waals surface area (Å²) < 4.78 is 5.12. The standard InChI is InChI=1S/C15H23NO3/c1-12(2)10-16(7-8-19-3)11-13-5-4-6-14(9-13)15(17)18/h4-6,9,12H,7-8,10-11H2,1-3H3,(H,17,18). The highest BCUT2D eigenvalue weighted by Crippen LogP contribution is 2.10. The molecule has 0 aromatic heterocycles. The fourth-order valence-electron chi connectivity index (χ4n) is 2.03. The molecule has 0 spiro atoms. The Morgan fingerprint density at radius 2 is 2.16 bits per heavy atom. The first-order chi connectivity index (χ1) is 9.02. The van der Waals surface area contributed by atoms with Gasteiger partial charge in [0.05, 0.1) is 12.2 Å². The van der Waals surface area contributed by atoms with Crippen molar-refractivity contribution in [2.24, 2.45) is 5.92 Å². The second-order valence-corrected chi connectivity index (χ2v) is 5.13. The lowest BCUT2D eigenvalue weighted by atomic mass is 10.1. The van der Waals surface area contributed by atoms with Crippen molar-refractivity contribution < 1.29 is 14.6 Å². The van der Waals surface area contributed by atoms with Gasteiger partial charge in [-0.15, -0.1) is 0 Å². The summed E-state index contributed by atoms with van der Waals surface area (Å²) in [4.78, 5) is 13.2. The predicted molar refractivity (Wildman–Crippen MR) is 75.4 cm³/mol. The molecule has 1 aromatic carbocycles. The largest absolute Gasteiger partial charge is 0.478 e. The number of methoxy groups -OCH3 is 1. The molecule has 4 heteroatoms. The van der Waals surface area contributed by atoms with E-state index in [1.807, 2.05) is 6.07 Å². The summed E-state index contributed by atoms with van der Waals surface area (Å²) in [6.07, 6.45) is 0. The average molecular weight is 265 g/mol. The molecule has 19 heavy (non-hydrogen) atoms. The minimum absolute atomic E-state index is 0.341. The maximum Gasteiger partial charge on any atom is 0.335 e. The molecule has 0 aliphatic rings. The summed E-state index contributed by atoms with van der Waals surface area (Å²) in [5, 5.41) is 9.00. The van der Waals surface area contributed by atoms with Crippen molar-refractivity contribution in [2.75, 3.05) is 26.8 Å². The number of rotatable bonds is 8. The molecular weight excluding hydrogens is 242 g/mol. The van der Waals surface area contributed by atoms with E-state index in [-0.39, 0.29) is 0 Å². The normalized spacial score (nSPS) is 11.2. The van der Waals surface area contributed by atoms with Crippen molar-refractivity contribution >= 4 is 5.97 Å². The summed E-state index contributed by atoms with van der Waals surface area (Å²) in [6.45, 7) is 7.61. The van der Waals surface area contributed by atoms with Crippen LogP contribution in [0.5, 0.6) is 0 Å². The highest BCUT2D eigenvalue weighted by atomic mass is 16.5. The zero-order valence-corrected chi connectivity index (χ0v) is 11.9. The number of nitrogens with zero attached hydrogens (tertiary/aromatic N) is 1. The number of carboxylic acid groups (broad SMARTS) is 1. The van der Waals surface area contributed by atoms with E-state index in [0.717, 1.165) is 25.2 Å². The van der Waals surface area contributed by atoms with Gasteiger partial charge in [-0.1, -0.05) is 26.0 Å². The molecule has 0 saturated heterocycles. The van der Waals surface area contributed by atoms with Gasteiger partial charge in [0.15, 0.2) is 0 Å². The molecule has 4 nitrogen and oxygen atoms in total. The van der Waals surface area contributed by atoms with Crippen LogP contribution >= 0.6 is 0 Å². The quantitative estimate of drug-likeness (QED) is 0.784. The summed E-state index contributed by atoms with van der Waals surface area (Å²) in [5.41, 5.74) is 1.37. The van der Waals surface area contributed by atoms with Crippen LogP contribution in [-0.4, -0.2) is 42.8 Å². The van der Waals surface area contributed by atoms with Crippen molar-refractivity contribution in [2.45, 2.75) is 20.4 Å². The Balaban J connectivity index is 2.71. The van der Waals surface area contributed by atoms with Crippen molar-refractivity contribution in [1.82, 2.24) is 4.90 Å². The second-order valence-electron chi connectivity index (χ2n) is 5.13. The van der Waals surface area contributed by atoms with E-state index in [2.05, 4.69) is 18.7 Å². The monoisotopic (exact) mass is 265 g/mol. The van der Waals surface area contributed by atoms with Crippen molar-refractivity contribution in [3.63, 3.8) is 0 Å². The first-order valence-electron chi connectivity index (χ1n) is 6.56. The van der Waals surface area contributed by atoms with Crippen molar-refractivity contribution in [1.29, 1.82) is 0 Å². The van der Waals surface area contributed by atoms with Crippen LogP contribution in [0.1, 0.15) is 29.8 Å². The van der Waals surface area contributed by atoms with Gasteiger partial charge in [-0.25, -0.2) is 4.79 Å². The molecule has 0 bridgehead atoms. The molecular formula is C15H23NO3. The SMILES string of the molecule is COCCN(Cc1cccc(C(=O)O)c1)CC(C)C. The van der Waals surface area contributed by atoms with E-state index in [9.17, 15) is 4.79 Å². The summed E-state index contributed by atoms with van der Waals surface area (Å²) in [6, 6.07) is 7.12. The van der Waals surface area contributed by atoms with Gasteiger partial charge < -0.3 is 9.84 Å². The lowest BCUT2D eigenvalue weighted by Gasteiger charge is -2.24. The van der Waals surface area contributed by atoms with Gasteiger partial charge in [0.1, 0.15) is 0 Å². The predicted octanol–water partition coefficient (Wildman–Crippen LogP) is 2.49. The van der Waals surface area contributed by atoms with E-state index in [1.54, 1.807) is 25.3 Å². The highest BCUT2D eigenvalue weighted by molar-refractivity contribution is 5.87. The Hall–Kier alpha value is -1.39. The van der Waals surface area contributed by atoms with E-state index in [0.29, 0.717) is 18.1 Å². The Bertz CT molecular complexity index is 404. The Morgan fingerprint density at radius 3 is 2.74 bits per heavy atom. The van der Waals surface area contributed by atoms with Gasteiger partial charge in [0.2, 0.25) is 0 Å². The minimum atomic E-state index is -0.880. The summed E-state index contributed by atoms with van der Waals surface area (Å²) in [5.74, 6) is -0.311. The number of aromatic carboxylic acids is 1. The maximum atomic E-state index is 11.0. The van der Waals surface area contributed by atoms with Gasteiger partial charge in [0.25, 0.3) is 0 Å². The molecule has 0 aliphatic carbocycles. The number of hydrogen-bond acceptors (Lipinski definition) is 3. The van der Waals surface area contributed by atoms with Crippen molar-refractivity contribution in [3.8, 4) is 0 Å². The molecule has 0 fully saturated rings. The van der Waals surface area contributed by atoms with Crippen LogP contribution in [0.4, 0.5) is 0 Å². The van der Waals surface area contributed by atoms with Gasteiger partial charge in [-0.05, 0) is 23.6 Å². The number of benzene rings is 1. The van der Waals surface area contributed by atoms with Gasteiger partial charge in [0, 0.05) is 26.7 Å². The van der Waals surface area contributed by atoms with Crippen LogP contribution in [0.25, 0.3) is 0 Å². The molecule has 0 heterocycles. The first kappa shape index (κ1) is 15.7. The van der Waals surface area contributed by atoms with E-state index in [1.165, 1.54) is 0 Å². The van der Waals surface area contributed by atoms with Crippen LogP contribution in [-0.2, 0) is 11.3 Å². The fraction of sp³-hybridized carbons (Fsp3) is 0.533. The third kappa shape index (κ3) is 5.85. The molecule has 0 amide bonds. The molecule has 0 unspecified atom stereocenters. The van der Waals surface area contributed by atoms with Gasteiger partial charge in [-0.2, -0.15) is 0 Å². The van der Waals surface area contributed by atoms with E-state index in [4.69, 9.17) is 9.84 Å². The van der Waals surface area contributed by atoms with Crippen LogP contribution in [0.2, 0.25) is 0 Å². The molecule has 0 aliphatic heterocycles. The fourth-order valence-corrected chi connectivity index (χ4v) is 2.03. The third-order valence-electron chi connectivity index (χ3n) is 2.82. The molecule has 0 radical (unpaired) electrons. The Morgan fingerprint density at radius 1 is 1.42 bits per heavy atom. The van der Waals surface area contributed by atoms with Crippen molar-refractivity contribution in [3.05, 3.63) is 35.4 Å². The smallest absolute Gasteiger partial charge is 0.335 e. The van der Waals surface area contributed by atoms with Crippen LogP contribution in [0, 0.1) is 5.92 Å². The Labute approximate surface area is 115 Å². The zero-order valence-electron chi connectivity index (χ0n) is 11.9. The van der Waals surface area contributed by atoms with Crippen LogP contribution in [0.3, 0.4) is 0 Å². The lowest BCUT2D eigenvalue weighted by molar-refractivity contribution is 0.0696. The second kappa shape index (κ2) is 7.92.